The molecule has 1 aromatic heterocycles. The molecule has 1 aliphatic carbocycles. The number of aryl methyl sites for hydroxylation is 1. The molecule has 0 aliphatic heterocycles. The zero-order valence-electron chi connectivity index (χ0n) is 14.9. The van der Waals surface area contributed by atoms with E-state index in [-0.39, 0.29) is 24.4 Å². The number of amides is 1. The number of rotatable bonds is 5. The highest BCUT2D eigenvalue weighted by molar-refractivity contribution is 5.85. The van der Waals surface area contributed by atoms with Gasteiger partial charge in [-0.15, -0.1) is 12.4 Å². The van der Waals surface area contributed by atoms with Crippen LogP contribution in [0.5, 0.6) is 0 Å². The summed E-state index contributed by atoms with van der Waals surface area (Å²) in [4.78, 5) is 12.2. The van der Waals surface area contributed by atoms with Gasteiger partial charge in [-0.1, -0.05) is 24.6 Å². The third-order valence-corrected chi connectivity index (χ3v) is 5.07. The molecule has 0 bridgehead atoms. The molecule has 0 saturated heterocycles. The Morgan fingerprint density at radius 1 is 1.28 bits per heavy atom. The lowest BCUT2D eigenvalue weighted by Crippen LogP contribution is -2.31. The standard InChI is InChI=1S/C19H26N4O.ClH/c1-13-17(12-21-19(24)11-15-7-6-10-18(15)20)14(2)23(22-13)16-8-4-3-5-9-16;/h3-5,8-9,15,18H,6-7,10-12,20H2,1-2H3,(H,21,24);1H/t15-,18+;/m0./s1. The third-order valence-electron chi connectivity index (χ3n) is 5.07. The lowest BCUT2D eigenvalue weighted by Gasteiger charge is -2.14. The number of hydrogen-bond acceptors (Lipinski definition) is 3. The van der Waals surface area contributed by atoms with Gasteiger partial charge in [-0.05, 0) is 44.7 Å². The monoisotopic (exact) mass is 362 g/mol. The molecule has 1 amide bonds. The van der Waals surface area contributed by atoms with Crippen LogP contribution in [0.1, 0.15) is 42.6 Å². The highest BCUT2D eigenvalue weighted by Gasteiger charge is 2.26. The average molecular weight is 363 g/mol. The van der Waals surface area contributed by atoms with Crippen molar-refractivity contribution in [3.63, 3.8) is 0 Å². The Morgan fingerprint density at radius 2 is 2.00 bits per heavy atom. The molecule has 1 fully saturated rings. The molecule has 0 radical (unpaired) electrons. The van der Waals surface area contributed by atoms with Crippen molar-refractivity contribution in [2.45, 2.75) is 52.1 Å². The van der Waals surface area contributed by atoms with E-state index < -0.39 is 0 Å². The van der Waals surface area contributed by atoms with Crippen LogP contribution in [0.15, 0.2) is 30.3 Å². The summed E-state index contributed by atoms with van der Waals surface area (Å²) in [6, 6.07) is 10.2. The molecule has 2 aromatic rings. The van der Waals surface area contributed by atoms with Crippen molar-refractivity contribution in [1.29, 1.82) is 0 Å². The molecular weight excluding hydrogens is 336 g/mol. The van der Waals surface area contributed by atoms with Crippen LogP contribution < -0.4 is 11.1 Å². The van der Waals surface area contributed by atoms with Crippen LogP contribution in [0.25, 0.3) is 5.69 Å². The fourth-order valence-electron chi connectivity index (χ4n) is 3.57. The number of aromatic nitrogens is 2. The highest BCUT2D eigenvalue weighted by Crippen LogP contribution is 2.26. The molecule has 1 heterocycles. The molecule has 1 aromatic carbocycles. The van der Waals surface area contributed by atoms with Gasteiger partial charge in [0, 0.05) is 30.3 Å². The summed E-state index contributed by atoms with van der Waals surface area (Å²) in [5.41, 5.74) is 10.2. The summed E-state index contributed by atoms with van der Waals surface area (Å²) in [6.45, 7) is 4.55. The number of nitrogens with one attached hydrogen (secondary N) is 1. The van der Waals surface area contributed by atoms with E-state index >= 15 is 0 Å². The summed E-state index contributed by atoms with van der Waals surface area (Å²) >= 11 is 0. The van der Waals surface area contributed by atoms with Crippen molar-refractivity contribution in [3.05, 3.63) is 47.3 Å². The maximum Gasteiger partial charge on any atom is 0.220 e. The third kappa shape index (κ3) is 4.41. The first-order valence-corrected chi connectivity index (χ1v) is 8.69. The molecule has 2 atom stereocenters. The predicted octanol–water partition coefficient (Wildman–Crippen LogP) is 3.04. The van der Waals surface area contributed by atoms with Crippen LogP contribution in [-0.4, -0.2) is 21.7 Å². The highest BCUT2D eigenvalue weighted by atomic mass is 35.5. The van der Waals surface area contributed by atoms with E-state index in [1.165, 1.54) is 0 Å². The second kappa shape index (κ2) is 8.50. The average Bonchev–Trinajstić information content (AvgIpc) is 3.10. The van der Waals surface area contributed by atoms with E-state index in [0.29, 0.717) is 18.9 Å². The van der Waals surface area contributed by atoms with E-state index in [0.717, 1.165) is 41.9 Å². The van der Waals surface area contributed by atoms with Crippen molar-refractivity contribution in [2.75, 3.05) is 0 Å². The molecule has 1 aliphatic rings. The van der Waals surface area contributed by atoms with Gasteiger partial charge in [-0.3, -0.25) is 4.79 Å². The molecule has 1 saturated carbocycles. The molecule has 25 heavy (non-hydrogen) atoms. The fourth-order valence-corrected chi connectivity index (χ4v) is 3.57. The van der Waals surface area contributed by atoms with Crippen LogP contribution in [0, 0.1) is 19.8 Å². The summed E-state index contributed by atoms with van der Waals surface area (Å²) in [7, 11) is 0. The Labute approximate surface area is 155 Å². The second-order valence-electron chi connectivity index (χ2n) is 6.73. The van der Waals surface area contributed by atoms with Crippen molar-refractivity contribution in [3.8, 4) is 5.69 Å². The quantitative estimate of drug-likeness (QED) is 0.858. The smallest absolute Gasteiger partial charge is 0.220 e. The van der Waals surface area contributed by atoms with E-state index in [1.807, 2.05) is 48.9 Å². The van der Waals surface area contributed by atoms with Gasteiger partial charge >= 0.3 is 0 Å². The van der Waals surface area contributed by atoms with Gasteiger partial charge in [-0.2, -0.15) is 5.10 Å². The minimum atomic E-state index is 0. The Balaban J connectivity index is 0.00000225. The molecular formula is C19H27ClN4O. The van der Waals surface area contributed by atoms with Gasteiger partial charge in [0.15, 0.2) is 0 Å². The Hall–Kier alpha value is -1.85. The van der Waals surface area contributed by atoms with Crippen LogP contribution >= 0.6 is 12.4 Å². The fraction of sp³-hybridized carbons (Fsp3) is 0.474. The number of nitrogens with two attached hydrogens (primary N) is 1. The lowest BCUT2D eigenvalue weighted by atomic mass is 10.00. The molecule has 6 heteroatoms. The van der Waals surface area contributed by atoms with Gasteiger partial charge in [0.05, 0.1) is 11.4 Å². The van der Waals surface area contributed by atoms with Gasteiger partial charge in [-0.25, -0.2) is 4.68 Å². The van der Waals surface area contributed by atoms with Crippen LogP contribution in [-0.2, 0) is 11.3 Å². The number of nitrogens with zero attached hydrogens (tertiary/aromatic N) is 2. The summed E-state index contributed by atoms with van der Waals surface area (Å²) in [5, 5.41) is 7.66. The maximum atomic E-state index is 12.2. The number of para-hydroxylation sites is 1. The number of hydrogen-bond donors (Lipinski definition) is 2. The van der Waals surface area contributed by atoms with Gasteiger partial charge in [0.1, 0.15) is 0 Å². The van der Waals surface area contributed by atoms with Gasteiger partial charge in [0.2, 0.25) is 5.91 Å². The first kappa shape index (κ1) is 19.5. The topological polar surface area (TPSA) is 72.9 Å². The minimum Gasteiger partial charge on any atom is -0.352 e. The maximum absolute atomic E-state index is 12.2. The van der Waals surface area contributed by atoms with Crippen LogP contribution in [0.3, 0.4) is 0 Å². The van der Waals surface area contributed by atoms with Crippen LogP contribution in [0.2, 0.25) is 0 Å². The van der Waals surface area contributed by atoms with Crippen molar-refractivity contribution < 1.29 is 4.79 Å². The summed E-state index contributed by atoms with van der Waals surface area (Å²) in [5.74, 6) is 0.419. The van der Waals surface area contributed by atoms with Crippen molar-refractivity contribution >= 4 is 18.3 Å². The zero-order valence-corrected chi connectivity index (χ0v) is 15.7. The largest absolute Gasteiger partial charge is 0.352 e. The number of benzene rings is 1. The zero-order chi connectivity index (χ0) is 17.1. The molecule has 3 rings (SSSR count). The Bertz CT molecular complexity index is 714. The number of carbonyl (C=O) groups excluding carboxylic acids is 1. The van der Waals surface area contributed by atoms with E-state index in [4.69, 9.17) is 5.73 Å². The Kier molecular flexibility index (Phi) is 6.62. The van der Waals surface area contributed by atoms with Crippen molar-refractivity contribution in [2.24, 2.45) is 11.7 Å². The first-order chi connectivity index (χ1) is 11.6. The van der Waals surface area contributed by atoms with E-state index in [9.17, 15) is 4.79 Å². The van der Waals surface area contributed by atoms with E-state index in [2.05, 4.69) is 10.4 Å². The normalized spacial score (nSPS) is 19.5. The summed E-state index contributed by atoms with van der Waals surface area (Å²) < 4.78 is 1.93. The molecule has 0 unspecified atom stereocenters. The minimum absolute atomic E-state index is 0. The van der Waals surface area contributed by atoms with Gasteiger partial charge in [0.25, 0.3) is 0 Å². The van der Waals surface area contributed by atoms with E-state index in [1.54, 1.807) is 0 Å². The first-order valence-electron chi connectivity index (χ1n) is 8.69. The van der Waals surface area contributed by atoms with Crippen molar-refractivity contribution in [1.82, 2.24) is 15.1 Å². The molecule has 0 spiro atoms. The molecule has 5 nitrogen and oxygen atoms in total. The Morgan fingerprint density at radius 3 is 2.64 bits per heavy atom. The molecule has 3 N–H and O–H groups in total. The second-order valence-corrected chi connectivity index (χ2v) is 6.73. The SMILES string of the molecule is Cc1nn(-c2ccccc2)c(C)c1CNC(=O)C[C@@H]1CCC[C@H]1N.Cl. The lowest BCUT2D eigenvalue weighted by molar-refractivity contribution is -0.122. The van der Waals surface area contributed by atoms with Crippen LogP contribution in [0.4, 0.5) is 0 Å². The number of carbonyl (C=O) groups is 1. The molecule has 136 valence electrons. The van der Waals surface area contributed by atoms with Gasteiger partial charge < -0.3 is 11.1 Å². The predicted molar refractivity (Wildman–Crippen MR) is 102 cm³/mol. The number of halogens is 1. The summed E-state index contributed by atoms with van der Waals surface area (Å²) in [6.07, 6.45) is 3.78.